The minimum atomic E-state index is 0.728. The first-order valence-electron chi connectivity index (χ1n) is 4.68. The average molecular weight is 175 g/mol. The molecule has 0 amide bonds. The summed E-state index contributed by atoms with van der Waals surface area (Å²) in [6.45, 7) is 2.89. The van der Waals surface area contributed by atoms with Crippen LogP contribution in [0.4, 0.5) is 0 Å². The van der Waals surface area contributed by atoms with E-state index in [1.807, 2.05) is 0 Å². The Kier molecular flexibility index (Phi) is 2.30. The maximum Gasteiger partial charge on any atom is 0.122 e. The summed E-state index contributed by atoms with van der Waals surface area (Å²) in [5, 5.41) is 4.00. The number of hydrogen-bond donors (Lipinski definition) is 0. The third kappa shape index (κ3) is 1.72. The first-order valence-corrected chi connectivity index (χ1v) is 4.68. The Morgan fingerprint density at radius 2 is 2.38 bits per heavy atom. The molecule has 0 unspecified atom stereocenters. The van der Waals surface area contributed by atoms with E-state index in [0.29, 0.717) is 0 Å². The largest absolute Gasteiger partial charge is 0.395 e. The maximum absolute atomic E-state index is 4.97. The smallest absolute Gasteiger partial charge is 0.122 e. The van der Waals surface area contributed by atoms with Crippen molar-refractivity contribution in [3.05, 3.63) is 35.4 Å². The van der Waals surface area contributed by atoms with Crippen molar-refractivity contribution in [1.29, 1.82) is 0 Å². The lowest BCUT2D eigenvalue weighted by molar-refractivity contribution is 0.174. The summed E-state index contributed by atoms with van der Waals surface area (Å²) < 4.78 is 0. The maximum atomic E-state index is 4.97. The highest BCUT2D eigenvalue weighted by Gasteiger charge is 2.10. The Morgan fingerprint density at radius 1 is 1.46 bits per heavy atom. The van der Waals surface area contributed by atoms with Gasteiger partial charge in [-0.1, -0.05) is 30.3 Å². The molecule has 68 valence electrons. The monoisotopic (exact) mass is 175 g/mol. The van der Waals surface area contributed by atoms with Crippen LogP contribution in [0.2, 0.25) is 0 Å². The average Bonchev–Trinajstić information content (AvgIpc) is 2.71. The van der Waals surface area contributed by atoms with E-state index >= 15 is 0 Å². The number of benzene rings is 1. The van der Waals surface area contributed by atoms with Crippen LogP contribution in [0.1, 0.15) is 24.5 Å². The van der Waals surface area contributed by atoms with Gasteiger partial charge in [-0.05, 0) is 23.6 Å². The normalized spacial score (nSPS) is 15.3. The van der Waals surface area contributed by atoms with Gasteiger partial charge in [0.1, 0.15) is 6.61 Å². The van der Waals surface area contributed by atoms with Gasteiger partial charge in [-0.2, -0.15) is 0 Å². The van der Waals surface area contributed by atoms with Gasteiger partial charge < -0.3 is 4.84 Å². The van der Waals surface area contributed by atoms with Gasteiger partial charge in [0.05, 0.1) is 5.71 Å². The van der Waals surface area contributed by atoms with Crippen molar-refractivity contribution >= 4 is 5.71 Å². The van der Waals surface area contributed by atoms with Gasteiger partial charge in [-0.25, -0.2) is 0 Å². The van der Waals surface area contributed by atoms with Gasteiger partial charge in [0.25, 0.3) is 0 Å². The van der Waals surface area contributed by atoms with Crippen LogP contribution in [-0.4, -0.2) is 12.3 Å². The van der Waals surface area contributed by atoms with E-state index in [4.69, 9.17) is 4.84 Å². The Balaban J connectivity index is 2.29. The molecule has 0 aliphatic carbocycles. The molecule has 0 radical (unpaired) electrons. The number of aryl methyl sites for hydroxylation is 1. The molecule has 0 fully saturated rings. The van der Waals surface area contributed by atoms with Crippen molar-refractivity contribution in [2.75, 3.05) is 6.61 Å². The van der Waals surface area contributed by atoms with Gasteiger partial charge in [0.15, 0.2) is 0 Å². The second-order valence-electron chi connectivity index (χ2n) is 3.18. The van der Waals surface area contributed by atoms with Crippen LogP contribution < -0.4 is 0 Å². The van der Waals surface area contributed by atoms with Gasteiger partial charge >= 0.3 is 0 Å². The highest BCUT2D eigenvalue weighted by Crippen LogP contribution is 2.12. The number of hydrogen-bond acceptors (Lipinski definition) is 2. The second-order valence-corrected chi connectivity index (χ2v) is 3.18. The molecule has 0 N–H and O–H groups in total. The van der Waals surface area contributed by atoms with E-state index in [9.17, 15) is 0 Å². The summed E-state index contributed by atoms with van der Waals surface area (Å²) in [6, 6.07) is 8.50. The molecule has 1 aliphatic heterocycles. The van der Waals surface area contributed by atoms with Crippen molar-refractivity contribution in [2.45, 2.75) is 19.8 Å². The van der Waals surface area contributed by atoms with E-state index in [-0.39, 0.29) is 0 Å². The first kappa shape index (κ1) is 8.30. The van der Waals surface area contributed by atoms with Crippen LogP contribution in [0.5, 0.6) is 0 Å². The zero-order valence-corrected chi connectivity index (χ0v) is 7.79. The Labute approximate surface area is 78.2 Å². The van der Waals surface area contributed by atoms with Crippen molar-refractivity contribution in [1.82, 2.24) is 0 Å². The van der Waals surface area contributed by atoms with Crippen molar-refractivity contribution < 1.29 is 4.84 Å². The summed E-state index contributed by atoms with van der Waals surface area (Å²) >= 11 is 0. The minimum absolute atomic E-state index is 0.728. The predicted octanol–water partition coefficient (Wildman–Crippen LogP) is 2.37. The van der Waals surface area contributed by atoms with Crippen LogP contribution >= 0.6 is 0 Å². The van der Waals surface area contributed by atoms with E-state index in [1.54, 1.807) is 0 Å². The number of nitrogens with zero attached hydrogens (tertiary/aromatic N) is 1. The van der Waals surface area contributed by atoms with Crippen LogP contribution in [0.25, 0.3) is 0 Å². The predicted molar refractivity (Wildman–Crippen MR) is 52.9 cm³/mol. The quantitative estimate of drug-likeness (QED) is 0.676. The topological polar surface area (TPSA) is 21.6 Å². The van der Waals surface area contributed by atoms with E-state index < -0.39 is 0 Å². The third-order valence-electron chi connectivity index (χ3n) is 2.27. The van der Waals surface area contributed by atoms with Gasteiger partial charge in [-0.3, -0.25) is 0 Å². The van der Waals surface area contributed by atoms with Crippen LogP contribution in [0, 0.1) is 0 Å². The molecule has 1 heterocycles. The van der Waals surface area contributed by atoms with Gasteiger partial charge in [-0.15, -0.1) is 0 Å². The lowest BCUT2D eigenvalue weighted by Gasteiger charge is -2.00. The molecule has 0 saturated heterocycles. The fourth-order valence-corrected chi connectivity index (χ4v) is 1.48. The zero-order chi connectivity index (χ0) is 9.10. The first-order chi connectivity index (χ1) is 6.40. The minimum Gasteiger partial charge on any atom is -0.395 e. The molecule has 0 bridgehead atoms. The second kappa shape index (κ2) is 3.60. The molecule has 13 heavy (non-hydrogen) atoms. The molecule has 1 aliphatic rings. The van der Waals surface area contributed by atoms with Crippen molar-refractivity contribution in [3.8, 4) is 0 Å². The van der Waals surface area contributed by atoms with Gasteiger partial charge in [0, 0.05) is 6.42 Å². The molecule has 0 aromatic heterocycles. The fourth-order valence-electron chi connectivity index (χ4n) is 1.48. The fraction of sp³-hybridized carbons (Fsp3) is 0.364. The molecule has 2 heteroatoms. The lowest BCUT2D eigenvalue weighted by atomic mass is 10.0. The number of rotatable bonds is 2. The molecule has 0 atom stereocenters. The molecule has 1 aromatic rings. The third-order valence-corrected chi connectivity index (χ3v) is 2.27. The SMILES string of the molecule is CCc1cccc(C2=NOCC2)c1. The van der Waals surface area contributed by atoms with Crippen LogP contribution in [0.15, 0.2) is 29.4 Å². The lowest BCUT2D eigenvalue weighted by Crippen LogP contribution is -1.97. The molecule has 1 aromatic carbocycles. The number of oxime groups is 1. The van der Waals surface area contributed by atoms with E-state index in [2.05, 4.69) is 36.3 Å². The zero-order valence-electron chi connectivity index (χ0n) is 7.79. The summed E-state index contributed by atoms with van der Waals surface area (Å²) in [5.74, 6) is 0. The molecule has 0 spiro atoms. The molecular formula is C11H13NO. The van der Waals surface area contributed by atoms with Crippen molar-refractivity contribution in [2.24, 2.45) is 5.16 Å². The standard InChI is InChI=1S/C11H13NO/c1-2-9-4-3-5-10(8-9)11-6-7-13-12-11/h3-5,8H,2,6-7H2,1H3. The molecule has 2 nitrogen and oxygen atoms in total. The molecular weight excluding hydrogens is 162 g/mol. The highest BCUT2D eigenvalue weighted by atomic mass is 16.6. The Hall–Kier alpha value is -1.31. The van der Waals surface area contributed by atoms with Crippen LogP contribution in [-0.2, 0) is 11.3 Å². The van der Waals surface area contributed by atoms with Crippen molar-refractivity contribution in [3.63, 3.8) is 0 Å². The Bertz CT molecular complexity index is 331. The van der Waals surface area contributed by atoms with Gasteiger partial charge in [0.2, 0.25) is 0 Å². The molecule has 2 rings (SSSR count). The molecule has 0 saturated carbocycles. The Morgan fingerprint density at radius 3 is 3.08 bits per heavy atom. The summed E-state index contributed by atoms with van der Waals surface area (Å²) in [5.41, 5.74) is 3.64. The highest BCUT2D eigenvalue weighted by molar-refractivity contribution is 6.01. The van der Waals surface area contributed by atoms with Crippen LogP contribution in [0.3, 0.4) is 0 Å². The van der Waals surface area contributed by atoms with E-state index in [0.717, 1.165) is 25.2 Å². The summed E-state index contributed by atoms with van der Waals surface area (Å²) in [4.78, 5) is 4.97. The summed E-state index contributed by atoms with van der Waals surface area (Å²) in [7, 11) is 0. The van der Waals surface area contributed by atoms with E-state index in [1.165, 1.54) is 11.1 Å². The summed E-state index contributed by atoms with van der Waals surface area (Å²) in [6.07, 6.45) is 2.01.